The van der Waals surface area contributed by atoms with Crippen LogP contribution in [0.2, 0.25) is 0 Å². The number of aliphatic carboxylic acids is 1. The first-order chi connectivity index (χ1) is 17.8. The molecule has 0 radical (unpaired) electrons. The smallest absolute Gasteiger partial charge is 0.490 e. The molecule has 2 aromatic carbocycles. The minimum Gasteiger partial charge on any atom is -0.506 e. The number of halogens is 4. The van der Waals surface area contributed by atoms with Crippen molar-refractivity contribution in [3.05, 3.63) is 69.8 Å². The summed E-state index contributed by atoms with van der Waals surface area (Å²) in [5.74, 6) is -4.26. The number of alkyl halides is 3. The molecule has 3 aromatic rings. The Morgan fingerprint density at radius 3 is 2.39 bits per heavy atom. The number of hydrogen-bond acceptors (Lipinski definition) is 6. The quantitative estimate of drug-likeness (QED) is 0.487. The van der Waals surface area contributed by atoms with Crippen molar-refractivity contribution < 1.29 is 42.2 Å². The number of benzene rings is 2. The number of phenolic OH excluding ortho intramolecular Hbond substituents is 1. The van der Waals surface area contributed by atoms with Crippen LogP contribution in [0.5, 0.6) is 5.75 Å². The molecule has 0 bridgehead atoms. The zero-order valence-electron chi connectivity index (χ0n) is 19.9. The molecule has 2 amide bonds. The topological polar surface area (TPSA) is 133 Å². The molecule has 4 rings (SSSR count). The summed E-state index contributed by atoms with van der Waals surface area (Å²) in [5.41, 5.74) is 0.357. The third-order valence-electron chi connectivity index (χ3n) is 5.68. The van der Waals surface area contributed by atoms with Crippen LogP contribution in [0.4, 0.5) is 17.6 Å². The fourth-order valence-corrected chi connectivity index (χ4v) is 3.76. The van der Waals surface area contributed by atoms with E-state index in [1.807, 2.05) is 6.92 Å². The molecule has 1 aromatic heterocycles. The second kappa shape index (κ2) is 11.3. The van der Waals surface area contributed by atoms with Crippen molar-refractivity contribution in [3.63, 3.8) is 0 Å². The molecular formula is C24H22F4N4O6. The maximum Gasteiger partial charge on any atom is 0.490 e. The Labute approximate surface area is 212 Å². The Hall–Kier alpha value is -4.49. The summed E-state index contributed by atoms with van der Waals surface area (Å²) < 4.78 is 47.6. The number of para-hydroxylation sites is 1. The molecule has 0 unspecified atom stereocenters. The van der Waals surface area contributed by atoms with Gasteiger partial charge < -0.3 is 20.0 Å². The zero-order chi connectivity index (χ0) is 28.2. The van der Waals surface area contributed by atoms with Crippen LogP contribution in [-0.2, 0) is 16.1 Å². The Balaban J connectivity index is 0.000000505. The Morgan fingerprint density at radius 1 is 1.11 bits per heavy atom. The molecule has 1 aliphatic heterocycles. The number of carbonyl (C=O) groups excluding carboxylic acids is 2. The van der Waals surface area contributed by atoms with Crippen molar-refractivity contribution in [3.8, 4) is 5.75 Å². The number of amides is 2. The van der Waals surface area contributed by atoms with Crippen molar-refractivity contribution >= 4 is 28.7 Å². The molecule has 1 saturated heterocycles. The van der Waals surface area contributed by atoms with Crippen LogP contribution in [0.15, 0.2) is 47.4 Å². The Bertz CT molecular complexity index is 1440. The van der Waals surface area contributed by atoms with Gasteiger partial charge in [0.05, 0.1) is 23.7 Å². The number of rotatable bonds is 4. The molecule has 0 aliphatic carbocycles. The number of aromatic nitrogens is 2. The van der Waals surface area contributed by atoms with Crippen molar-refractivity contribution in [2.24, 2.45) is 0 Å². The number of piperazine rings is 1. The molecule has 0 saturated carbocycles. The van der Waals surface area contributed by atoms with Crippen LogP contribution in [0.1, 0.15) is 22.8 Å². The molecule has 1 fully saturated rings. The molecule has 1 aliphatic rings. The van der Waals surface area contributed by atoms with Gasteiger partial charge in [-0.1, -0.05) is 12.1 Å². The summed E-state index contributed by atoms with van der Waals surface area (Å²) >= 11 is 0. The van der Waals surface area contributed by atoms with Crippen LogP contribution in [-0.4, -0.2) is 79.9 Å². The Kier molecular flexibility index (Phi) is 8.33. The van der Waals surface area contributed by atoms with Gasteiger partial charge in [0.25, 0.3) is 5.91 Å². The van der Waals surface area contributed by atoms with E-state index < -0.39 is 23.9 Å². The summed E-state index contributed by atoms with van der Waals surface area (Å²) in [6.45, 7) is 3.20. The minimum absolute atomic E-state index is 0.0872. The molecule has 2 N–H and O–H groups in total. The van der Waals surface area contributed by atoms with Crippen LogP contribution >= 0.6 is 0 Å². The molecule has 14 heteroatoms. The van der Waals surface area contributed by atoms with E-state index in [9.17, 15) is 37.1 Å². The van der Waals surface area contributed by atoms with Gasteiger partial charge in [-0.05, 0) is 36.8 Å². The zero-order valence-corrected chi connectivity index (χ0v) is 19.9. The number of aromatic hydroxyl groups is 1. The number of phenols is 1. The van der Waals surface area contributed by atoms with Crippen molar-refractivity contribution in [1.29, 1.82) is 0 Å². The molecule has 10 nitrogen and oxygen atoms in total. The lowest BCUT2D eigenvalue weighted by molar-refractivity contribution is -0.192. The van der Waals surface area contributed by atoms with Crippen LogP contribution in [0.3, 0.4) is 0 Å². The predicted molar refractivity (Wildman–Crippen MR) is 125 cm³/mol. The van der Waals surface area contributed by atoms with Crippen molar-refractivity contribution in [1.82, 2.24) is 19.6 Å². The lowest BCUT2D eigenvalue weighted by Gasteiger charge is -2.33. The van der Waals surface area contributed by atoms with Gasteiger partial charge in [-0.15, -0.1) is 0 Å². The second-order valence-electron chi connectivity index (χ2n) is 8.16. The number of fused-ring (bicyclic) bond motifs is 1. The van der Waals surface area contributed by atoms with Crippen molar-refractivity contribution in [2.45, 2.75) is 19.6 Å². The fraction of sp³-hybridized carbons (Fsp3) is 0.292. The monoisotopic (exact) mass is 538 g/mol. The normalized spacial score (nSPS) is 13.8. The van der Waals surface area contributed by atoms with Gasteiger partial charge in [0, 0.05) is 19.6 Å². The average molecular weight is 538 g/mol. The van der Waals surface area contributed by atoms with E-state index >= 15 is 0 Å². The van der Waals surface area contributed by atoms with Crippen LogP contribution in [0, 0.1) is 5.82 Å². The molecular weight excluding hydrogens is 516 g/mol. The van der Waals surface area contributed by atoms with Gasteiger partial charge >= 0.3 is 12.1 Å². The highest BCUT2D eigenvalue weighted by atomic mass is 19.4. The van der Waals surface area contributed by atoms with E-state index in [4.69, 9.17) is 9.90 Å². The molecule has 38 heavy (non-hydrogen) atoms. The highest BCUT2D eigenvalue weighted by molar-refractivity contribution is 5.97. The number of likely N-dealkylation sites (N-methyl/N-ethyl adjacent to an activating group) is 1. The minimum atomic E-state index is -5.08. The number of carboxylic acid groups (broad SMARTS) is 1. The summed E-state index contributed by atoms with van der Waals surface area (Å²) in [6.07, 6.45) is -3.93. The van der Waals surface area contributed by atoms with Crippen LogP contribution < -0.4 is 5.43 Å². The highest BCUT2D eigenvalue weighted by Crippen LogP contribution is 2.23. The van der Waals surface area contributed by atoms with E-state index in [0.717, 1.165) is 6.20 Å². The molecule has 0 spiro atoms. The summed E-state index contributed by atoms with van der Waals surface area (Å²) in [5, 5.41) is 21.7. The van der Waals surface area contributed by atoms with Gasteiger partial charge in [-0.2, -0.15) is 18.3 Å². The maximum atomic E-state index is 14.5. The van der Waals surface area contributed by atoms with Gasteiger partial charge in [0.15, 0.2) is 0 Å². The largest absolute Gasteiger partial charge is 0.506 e. The number of carboxylic acids is 1. The standard InChI is InChI=1S/C22H21FN4O4.C2HF3O2/c1-2-25-8-9-26(13-20(25)30)22(31)16-10-14(6-7-17(16)23)12-27-21-15(19(29)11-24-27)4-3-5-18(21)28;3-2(4,5)1(6)7/h3-7,10-11,28H,2,8-9,12-13H2,1H3;(H,6,7). The van der Waals surface area contributed by atoms with Gasteiger partial charge in [0.2, 0.25) is 11.3 Å². The Morgan fingerprint density at radius 2 is 1.79 bits per heavy atom. The van der Waals surface area contributed by atoms with E-state index in [2.05, 4.69) is 5.10 Å². The van der Waals surface area contributed by atoms with Gasteiger partial charge in [-0.3, -0.25) is 19.1 Å². The SMILES string of the molecule is CCN1CCN(C(=O)c2cc(Cn3ncc(=O)c4cccc(O)c43)ccc2F)CC1=O.O=C(O)C(F)(F)F. The van der Waals surface area contributed by atoms with Crippen LogP contribution in [0.25, 0.3) is 10.9 Å². The van der Waals surface area contributed by atoms with Gasteiger partial charge in [-0.25, -0.2) is 9.18 Å². The van der Waals surface area contributed by atoms with E-state index in [0.29, 0.717) is 30.6 Å². The summed E-state index contributed by atoms with van der Waals surface area (Å²) in [4.78, 5) is 49.0. The summed E-state index contributed by atoms with van der Waals surface area (Å²) in [6, 6.07) is 8.72. The lowest BCUT2D eigenvalue weighted by Crippen LogP contribution is -2.52. The third-order valence-corrected chi connectivity index (χ3v) is 5.68. The molecule has 2 heterocycles. The molecule has 202 valence electrons. The van der Waals surface area contributed by atoms with Crippen molar-refractivity contribution in [2.75, 3.05) is 26.2 Å². The second-order valence-corrected chi connectivity index (χ2v) is 8.16. The first-order valence-corrected chi connectivity index (χ1v) is 11.2. The first-order valence-electron chi connectivity index (χ1n) is 11.2. The van der Waals surface area contributed by atoms with E-state index in [1.54, 1.807) is 17.0 Å². The third kappa shape index (κ3) is 6.25. The van der Waals surface area contributed by atoms with E-state index in [-0.39, 0.29) is 41.3 Å². The average Bonchev–Trinajstić information content (AvgIpc) is 2.86. The fourth-order valence-electron chi connectivity index (χ4n) is 3.76. The molecule has 0 atom stereocenters. The first kappa shape index (κ1) is 28.1. The number of carbonyl (C=O) groups is 3. The van der Waals surface area contributed by atoms with Gasteiger partial charge in [0.1, 0.15) is 23.6 Å². The number of hydrogen-bond donors (Lipinski definition) is 2. The predicted octanol–water partition coefficient (Wildman–Crippen LogP) is 2.23. The number of nitrogens with zero attached hydrogens (tertiary/aromatic N) is 4. The summed E-state index contributed by atoms with van der Waals surface area (Å²) in [7, 11) is 0. The maximum absolute atomic E-state index is 14.5. The van der Waals surface area contributed by atoms with E-state index in [1.165, 1.54) is 33.8 Å². The lowest BCUT2D eigenvalue weighted by atomic mass is 10.1. The highest BCUT2D eigenvalue weighted by Gasteiger charge is 2.38.